The number of likely N-dealkylation sites (tertiary alicyclic amines) is 1. The van der Waals surface area contributed by atoms with Crippen LogP contribution in [0.1, 0.15) is 16.2 Å². The van der Waals surface area contributed by atoms with Gasteiger partial charge in [-0.2, -0.15) is 0 Å². The number of fused-ring (bicyclic) bond motifs is 1. The van der Waals surface area contributed by atoms with E-state index in [0.29, 0.717) is 16.9 Å². The van der Waals surface area contributed by atoms with Gasteiger partial charge in [-0.15, -0.1) is 0 Å². The van der Waals surface area contributed by atoms with Crippen LogP contribution in [0.5, 0.6) is 0 Å². The fourth-order valence-electron chi connectivity index (χ4n) is 2.61. The zero-order valence-electron chi connectivity index (χ0n) is 11.7. The maximum atomic E-state index is 12.3. The minimum absolute atomic E-state index is 0.129. The van der Waals surface area contributed by atoms with E-state index in [0.717, 1.165) is 5.52 Å². The number of aromatic nitrogens is 2. The zero-order valence-corrected chi connectivity index (χ0v) is 11.7. The van der Waals surface area contributed by atoms with Crippen LogP contribution in [0.2, 0.25) is 0 Å². The summed E-state index contributed by atoms with van der Waals surface area (Å²) in [6, 6.07) is 5.16. The lowest BCUT2D eigenvalue weighted by molar-refractivity contribution is -0.109. The fourth-order valence-corrected chi connectivity index (χ4v) is 2.61. The third kappa shape index (κ3) is 2.19. The Bertz CT molecular complexity index is 704. The number of imidazole rings is 1. The Balaban J connectivity index is 1.86. The molecular weight excluding hydrogens is 274 g/mol. The Hall–Kier alpha value is -1.96. The van der Waals surface area contributed by atoms with Gasteiger partial charge in [0.1, 0.15) is 18.0 Å². The summed E-state index contributed by atoms with van der Waals surface area (Å²) >= 11 is 0. The predicted octanol–water partition coefficient (Wildman–Crippen LogP) is -0.755. The van der Waals surface area contributed by atoms with E-state index in [-0.39, 0.29) is 32.2 Å². The second kappa shape index (κ2) is 4.80. The number of nitrogens with zero attached hydrogens (tertiary/aromatic N) is 3. The quantitative estimate of drug-likeness (QED) is 0.691. The molecule has 7 nitrogen and oxygen atoms in total. The molecule has 1 aliphatic rings. The van der Waals surface area contributed by atoms with Crippen LogP contribution in [0, 0.1) is 0 Å². The molecule has 0 atom stereocenters. The molecule has 1 amide bonds. The molecule has 0 spiro atoms. The average Bonchev–Trinajstić information content (AvgIpc) is 2.79. The molecule has 1 fully saturated rings. The molecule has 3 rings (SSSR count). The van der Waals surface area contributed by atoms with E-state index in [2.05, 4.69) is 4.98 Å². The number of aliphatic hydroxyl groups excluding tert-OH is 2. The van der Waals surface area contributed by atoms with Gasteiger partial charge < -0.3 is 24.8 Å². The van der Waals surface area contributed by atoms with Crippen molar-refractivity contribution in [1.82, 2.24) is 14.5 Å². The molecule has 2 heterocycles. The number of carbonyl (C=O) groups excluding carboxylic acids is 1. The van der Waals surface area contributed by atoms with Crippen molar-refractivity contribution in [2.24, 2.45) is 7.05 Å². The van der Waals surface area contributed by atoms with E-state index in [1.54, 1.807) is 29.8 Å². The van der Waals surface area contributed by atoms with Crippen LogP contribution in [-0.2, 0) is 13.7 Å². The van der Waals surface area contributed by atoms with E-state index < -0.39 is 5.60 Å². The second-order valence-electron chi connectivity index (χ2n) is 5.49. The van der Waals surface area contributed by atoms with Gasteiger partial charge in [-0.05, 0) is 18.2 Å². The van der Waals surface area contributed by atoms with Crippen LogP contribution in [0.25, 0.3) is 11.0 Å². The van der Waals surface area contributed by atoms with Crippen LogP contribution in [0.3, 0.4) is 0 Å². The van der Waals surface area contributed by atoms with Gasteiger partial charge in [-0.1, -0.05) is 0 Å². The van der Waals surface area contributed by atoms with Gasteiger partial charge >= 0.3 is 0 Å². The lowest BCUT2D eigenvalue weighted by atomic mass is 9.94. The molecular formula is C14H17N3O4. The monoisotopic (exact) mass is 291 g/mol. The van der Waals surface area contributed by atoms with Crippen molar-refractivity contribution in [3.05, 3.63) is 29.6 Å². The first-order valence-electron chi connectivity index (χ1n) is 6.66. The summed E-state index contributed by atoms with van der Waals surface area (Å²) in [4.78, 5) is 18.0. The molecule has 1 aromatic carbocycles. The minimum Gasteiger partial charge on any atom is -0.393 e. The van der Waals surface area contributed by atoms with Crippen molar-refractivity contribution < 1.29 is 20.1 Å². The molecule has 7 heteroatoms. The van der Waals surface area contributed by atoms with Crippen molar-refractivity contribution in [3.8, 4) is 0 Å². The molecule has 0 unspecified atom stereocenters. The Morgan fingerprint density at radius 1 is 1.38 bits per heavy atom. The largest absolute Gasteiger partial charge is 0.393 e. The Morgan fingerprint density at radius 3 is 2.71 bits per heavy atom. The summed E-state index contributed by atoms with van der Waals surface area (Å²) in [6.45, 7) is -0.255. The summed E-state index contributed by atoms with van der Waals surface area (Å²) in [6.07, 6.45) is 0. The van der Waals surface area contributed by atoms with Crippen LogP contribution >= 0.6 is 0 Å². The second-order valence-corrected chi connectivity index (χ2v) is 5.49. The number of aliphatic hydroxyl groups is 3. The van der Waals surface area contributed by atoms with Gasteiger partial charge in [0.15, 0.2) is 0 Å². The molecule has 3 N–H and O–H groups in total. The van der Waals surface area contributed by atoms with E-state index in [9.17, 15) is 15.0 Å². The number of β-amino-alcohol motifs (C(OH)–C–C–N with tert-alkyl or cyclic N) is 1. The third-order valence-electron chi connectivity index (χ3n) is 3.91. The van der Waals surface area contributed by atoms with Gasteiger partial charge in [0.05, 0.1) is 30.7 Å². The molecule has 1 saturated heterocycles. The van der Waals surface area contributed by atoms with Crippen molar-refractivity contribution in [1.29, 1.82) is 0 Å². The Labute approximate surface area is 121 Å². The highest BCUT2D eigenvalue weighted by Crippen LogP contribution is 2.24. The van der Waals surface area contributed by atoms with Gasteiger partial charge in [-0.25, -0.2) is 4.98 Å². The van der Waals surface area contributed by atoms with Crippen molar-refractivity contribution in [2.45, 2.75) is 12.2 Å². The Morgan fingerprint density at radius 2 is 2.10 bits per heavy atom. The lowest BCUT2D eigenvalue weighted by Crippen LogP contribution is -2.65. The highest BCUT2D eigenvalue weighted by Gasteiger charge is 2.43. The third-order valence-corrected chi connectivity index (χ3v) is 3.91. The minimum atomic E-state index is -1.17. The highest BCUT2D eigenvalue weighted by atomic mass is 16.3. The molecule has 21 heavy (non-hydrogen) atoms. The van der Waals surface area contributed by atoms with Crippen LogP contribution < -0.4 is 0 Å². The molecule has 112 valence electrons. The van der Waals surface area contributed by atoms with Gasteiger partial charge in [0.25, 0.3) is 5.91 Å². The molecule has 1 aromatic heterocycles. The molecule has 0 bridgehead atoms. The van der Waals surface area contributed by atoms with Crippen LogP contribution in [-0.4, -0.2) is 61.0 Å². The number of aryl methyl sites for hydroxylation is 1. The highest BCUT2D eigenvalue weighted by molar-refractivity contribution is 5.98. The maximum absolute atomic E-state index is 12.3. The summed E-state index contributed by atoms with van der Waals surface area (Å²) in [5, 5.41) is 27.9. The SMILES string of the molecule is Cn1c(CO)nc2cc(C(=O)N3CC(O)(CO)C3)ccc21. The number of benzene rings is 1. The van der Waals surface area contributed by atoms with Gasteiger partial charge in [-0.3, -0.25) is 4.79 Å². The fraction of sp³-hybridized carbons (Fsp3) is 0.429. The molecule has 0 saturated carbocycles. The van der Waals surface area contributed by atoms with E-state index >= 15 is 0 Å². The van der Waals surface area contributed by atoms with E-state index in [1.807, 2.05) is 0 Å². The number of hydrogen-bond acceptors (Lipinski definition) is 5. The molecule has 0 radical (unpaired) electrons. The summed E-state index contributed by atoms with van der Waals surface area (Å²) in [5.74, 6) is 0.333. The van der Waals surface area contributed by atoms with Gasteiger partial charge in [0.2, 0.25) is 0 Å². The van der Waals surface area contributed by atoms with Crippen molar-refractivity contribution in [3.63, 3.8) is 0 Å². The smallest absolute Gasteiger partial charge is 0.254 e. The topological polar surface area (TPSA) is 98.8 Å². The Kier molecular flexibility index (Phi) is 3.20. The first kappa shape index (κ1) is 14.0. The predicted molar refractivity (Wildman–Crippen MR) is 74.6 cm³/mol. The zero-order chi connectivity index (χ0) is 15.2. The summed E-state index contributed by atoms with van der Waals surface area (Å²) < 4.78 is 1.78. The molecule has 0 aliphatic carbocycles. The summed E-state index contributed by atoms with van der Waals surface area (Å²) in [7, 11) is 1.80. The van der Waals surface area contributed by atoms with Crippen molar-refractivity contribution in [2.75, 3.05) is 19.7 Å². The first-order valence-corrected chi connectivity index (χ1v) is 6.66. The van der Waals surface area contributed by atoms with E-state index in [4.69, 9.17) is 5.11 Å². The summed E-state index contributed by atoms with van der Waals surface area (Å²) in [5.41, 5.74) is 0.788. The van der Waals surface area contributed by atoms with Gasteiger partial charge in [0, 0.05) is 12.6 Å². The van der Waals surface area contributed by atoms with E-state index in [1.165, 1.54) is 4.90 Å². The lowest BCUT2D eigenvalue weighted by Gasteiger charge is -2.45. The number of carbonyl (C=O) groups is 1. The van der Waals surface area contributed by atoms with Crippen LogP contribution in [0.4, 0.5) is 0 Å². The molecule has 2 aromatic rings. The maximum Gasteiger partial charge on any atom is 0.254 e. The number of amides is 1. The molecule has 1 aliphatic heterocycles. The van der Waals surface area contributed by atoms with Crippen molar-refractivity contribution >= 4 is 16.9 Å². The number of hydrogen-bond donors (Lipinski definition) is 3. The average molecular weight is 291 g/mol. The van der Waals surface area contributed by atoms with Crippen LogP contribution in [0.15, 0.2) is 18.2 Å². The standard InChI is InChI=1S/C14H17N3O4/c1-16-11-3-2-9(4-10(11)15-12(16)5-18)13(20)17-6-14(21,7-17)8-19/h2-4,18-19,21H,5-8H2,1H3. The first-order chi connectivity index (χ1) is 9.97. The number of rotatable bonds is 3. The normalized spacial score (nSPS) is 17.0.